The summed E-state index contributed by atoms with van der Waals surface area (Å²) in [6.45, 7) is 2.20. The van der Waals surface area contributed by atoms with Crippen LogP contribution in [0.1, 0.15) is 22.9 Å². The predicted molar refractivity (Wildman–Crippen MR) is 117 cm³/mol. The minimum atomic E-state index is -0.573. The highest BCUT2D eigenvalue weighted by atomic mass is 16.5. The maximum absolute atomic E-state index is 13.2. The molecule has 1 N–H and O–H groups in total. The number of amides is 1. The molecule has 0 spiro atoms. The van der Waals surface area contributed by atoms with E-state index in [-0.39, 0.29) is 5.91 Å². The fraction of sp³-hybridized carbons (Fsp3) is 0.304. The van der Waals surface area contributed by atoms with Crippen LogP contribution in [0.15, 0.2) is 53.1 Å². The Labute approximate surface area is 181 Å². The van der Waals surface area contributed by atoms with Gasteiger partial charge in [-0.2, -0.15) is 0 Å². The van der Waals surface area contributed by atoms with Gasteiger partial charge in [-0.25, -0.2) is 0 Å². The Morgan fingerprint density at radius 1 is 1.06 bits per heavy atom. The second-order valence-corrected chi connectivity index (χ2v) is 7.03. The molecular formula is C23H27N3O5. The number of hydrogen-bond acceptors (Lipinski definition) is 7. The molecule has 1 unspecified atom stereocenters. The molecule has 8 heteroatoms. The quantitative estimate of drug-likeness (QED) is 0.558. The first-order valence-corrected chi connectivity index (χ1v) is 9.75. The van der Waals surface area contributed by atoms with E-state index in [2.05, 4.69) is 10.5 Å². The second kappa shape index (κ2) is 9.99. The Hall–Kier alpha value is -3.52. The van der Waals surface area contributed by atoms with Crippen LogP contribution in [0.25, 0.3) is 0 Å². The number of ether oxygens (including phenoxy) is 3. The molecule has 0 aliphatic carbocycles. The number of anilines is 1. The summed E-state index contributed by atoms with van der Waals surface area (Å²) in [5, 5.41) is 6.70. The summed E-state index contributed by atoms with van der Waals surface area (Å²) in [5.74, 6) is 2.42. The van der Waals surface area contributed by atoms with Crippen molar-refractivity contribution in [3.63, 3.8) is 0 Å². The summed E-state index contributed by atoms with van der Waals surface area (Å²) in [4.78, 5) is 15.2. The molecule has 2 aromatic carbocycles. The van der Waals surface area contributed by atoms with E-state index in [0.29, 0.717) is 35.4 Å². The van der Waals surface area contributed by atoms with Gasteiger partial charge < -0.3 is 24.1 Å². The van der Waals surface area contributed by atoms with Gasteiger partial charge in [0.15, 0.2) is 17.3 Å². The number of benzene rings is 2. The van der Waals surface area contributed by atoms with Gasteiger partial charge in [-0.05, 0) is 25.6 Å². The SMILES string of the molecule is COc1ccc(CN(C)C(C(=O)Nc2cc(C)on2)c2ccccc2)c(OC)c1OC. The first-order chi connectivity index (χ1) is 15.0. The molecule has 1 heterocycles. The van der Waals surface area contributed by atoms with E-state index in [0.717, 1.165) is 11.1 Å². The first kappa shape index (κ1) is 22.2. The number of carbonyl (C=O) groups excluding carboxylic acids is 1. The topological polar surface area (TPSA) is 86.1 Å². The van der Waals surface area contributed by atoms with Crippen molar-refractivity contribution in [3.8, 4) is 17.2 Å². The number of nitrogens with zero attached hydrogens (tertiary/aromatic N) is 2. The predicted octanol–water partition coefficient (Wildman–Crippen LogP) is 3.82. The highest BCUT2D eigenvalue weighted by Crippen LogP contribution is 2.40. The summed E-state index contributed by atoms with van der Waals surface area (Å²) in [5.41, 5.74) is 1.70. The van der Waals surface area contributed by atoms with E-state index in [9.17, 15) is 4.79 Å². The third-order valence-corrected chi connectivity index (χ3v) is 4.89. The normalized spacial score (nSPS) is 11.8. The standard InChI is InChI=1S/C23H27N3O5/c1-15-13-19(25-31-15)24-23(27)20(16-9-7-6-8-10-16)26(2)14-17-11-12-18(28-3)22(30-5)21(17)29-4/h6-13,20H,14H2,1-5H3,(H,24,25,27). The van der Waals surface area contributed by atoms with E-state index < -0.39 is 6.04 Å². The number of carbonyl (C=O) groups is 1. The Bertz CT molecular complexity index is 1020. The third kappa shape index (κ3) is 4.97. The summed E-state index contributed by atoms with van der Waals surface area (Å²) in [6.07, 6.45) is 0. The van der Waals surface area contributed by atoms with Gasteiger partial charge in [-0.15, -0.1) is 0 Å². The lowest BCUT2D eigenvalue weighted by molar-refractivity contribution is -0.121. The number of hydrogen-bond donors (Lipinski definition) is 1. The number of methoxy groups -OCH3 is 3. The van der Waals surface area contributed by atoms with Crippen LogP contribution in [0, 0.1) is 6.92 Å². The van der Waals surface area contributed by atoms with Gasteiger partial charge in [0.25, 0.3) is 0 Å². The Morgan fingerprint density at radius 2 is 1.77 bits per heavy atom. The minimum Gasteiger partial charge on any atom is -0.493 e. The number of aromatic nitrogens is 1. The van der Waals surface area contributed by atoms with Crippen LogP contribution in [-0.4, -0.2) is 44.3 Å². The Balaban J connectivity index is 1.92. The molecule has 164 valence electrons. The Morgan fingerprint density at radius 3 is 2.35 bits per heavy atom. The van der Waals surface area contributed by atoms with Crippen molar-refractivity contribution in [1.82, 2.24) is 10.1 Å². The van der Waals surface area contributed by atoms with Crippen molar-refractivity contribution in [2.45, 2.75) is 19.5 Å². The number of aryl methyl sites for hydroxylation is 1. The molecule has 0 saturated carbocycles. The van der Waals surface area contributed by atoms with Crippen molar-refractivity contribution in [2.75, 3.05) is 33.7 Å². The van der Waals surface area contributed by atoms with Gasteiger partial charge in [0.2, 0.25) is 11.7 Å². The molecule has 0 aliphatic rings. The molecule has 31 heavy (non-hydrogen) atoms. The van der Waals surface area contributed by atoms with Crippen LogP contribution in [-0.2, 0) is 11.3 Å². The van der Waals surface area contributed by atoms with Crippen LogP contribution < -0.4 is 19.5 Å². The maximum Gasteiger partial charge on any atom is 0.247 e. The summed E-state index contributed by atoms with van der Waals surface area (Å²) in [6, 6.07) is 14.4. The van der Waals surface area contributed by atoms with E-state index in [1.807, 2.05) is 54.4 Å². The molecule has 1 amide bonds. The van der Waals surface area contributed by atoms with Crippen molar-refractivity contribution in [2.24, 2.45) is 0 Å². The minimum absolute atomic E-state index is 0.221. The molecule has 0 aliphatic heterocycles. The summed E-state index contributed by atoms with van der Waals surface area (Å²) < 4.78 is 21.5. The zero-order chi connectivity index (χ0) is 22.4. The monoisotopic (exact) mass is 425 g/mol. The molecule has 1 atom stereocenters. The average Bonchev–Trinajstić information content (AvgIpc) is 3.18. The van der Waals surface area contributed by atoms with E-state index in [1.165, 1.54) is 0 Å². The summed E-state index contributed by atoms with van der Waals surface area (Å²) in [7, 11) is 6.59. The molecule has 1 aromatic heterocycles. The molecule has 8 nitrogen and oxygen atoms in total. The molecule has 3 aromatic rings. The van der Waals surface area contributed by atoms with Crippen molar-refractivity contribution >= 4 is 11.7 Å². The molecule has 0 saturated heterocycles. The zero-order valence-corrected chi connectivity index (χ0v) is 18.3. The van der Waals surface area contributed by atoms with Crippen LogP contribution in [0.2, 0.25) is 0 Å². The molecular weight excluding hydrogens is 398 g/mol. The average molecular weight is 425 g/mol. The van der Waals surface area contributed by atoms with Crippen molar-refractivity contribution in [3.05, 3.63) is 65.4 Å². The fourth-order valence-electron chi connectivity index (χ4n) is 3.51. The van der Waals surface area contributed by atoms with Gasteiger partial charge in [-0.3, -0.25) is 9.69 Å². The van der Waals surface area contributed by atoms with Crippen molar-refractivity contribution < 1.29 is 23.5 Å². The third-order valence-electron chi connectivity index (χ3n) is 4.89. The van der Waals surface area contributed by atoms with Gasteiger partial charge >= 0.3 is 0 Å². The second-order valence-electron chi connectivity index (χ2n) is 7.03. The molecule has 3 rings (SSSR count). The zero-order valence-electron chi connectivity index (χ0n) is 18.3. The largest absolute Gasteiger partial charge is 0.493 e. The smallest absolute Gasteiger partial charge is 0.247 e. The van der Waals surface area contributed by atoms with Crippen molar-refractivity contribution in [1.29, 1.82) is 0 Å². The van der Waals surface area contributed by atoms with Gasteiger partial charge in [-0.1, -0.05) is 41.6 Å². The molecule has 0 fully saturated rings. The van der Waals surface area contributed by atoms with E-state index in [1.54, 1.807) is 34.3 Å². The lowest BCUT2D eigenvalue weighted by Gasteiger charge is -2.28. The highest BCUT2D eigenvalue weighted by molar-refractivity contribution is 5.94. The van der Waals surface area contributed by atoms with Crippen LogP contribution in [0.3, 0.4) is 0 Å². The lowest BCUT2D eigenvalue weighted by atomic mass is 10.0. The lowest BCUT2D eigenvalue weighted by Crippen LogP contribution is -2.34. The molecule has 0 radical (unpaired) electrons. The molecule has 0 bridgehead atoms. The number of rotatable bonds is 9. The van der Waals surface area contributed by atoms with Gasteiger partial charge in [0.05, 0.1) is 21.3 Å². The van der Waals surface area contributed by atoms with Crippen LogP contribution in [0.4, 0.5) is 5.82 Å². The Kier molecular flexibility index (Phi) is 7.15. The van der Waals surface area contributed by atoms with E-state index in [4.69, 9.17) is 18.7 Å². The number of nitrogens with one attached hydrogen (secondary N) is 1. The van der Waals surface area contributed by atoms with Gasteiger partial charge in [0.1, 0.15) is 11.8 Å². The number of likely N-dealkylation sites (N-methyl/N-ethyl adjacent to an activating group) is 1. The highest BCUT2D eigenvalue weighted by Gasteiger charge is 2.27. The maximum atomic E-state index is 13.2. The summed E-state index contributed by atoms with van der Waals surface area (Å²) >= 11 is 0. The van der Waals surface area contributed by atoms with Crippen LogP contribution in [0.5, 0.6) is 17.2 Å². The first-order valence-electron chi connectivity index (χ1n) is 9.75. The van der Waals surface area contributed by atoms with Crippen LogP contribution >= 0.6 is 0 Å². The fourth-order valence-corrected chi connectivity index (χ4v) is 3.51. The van der Waals surface area contributed by atoms with E-state index >= 15 is 0 Å². The van der Waals surface area contributed by atoms with Gasteiger partial charge in [0, 0.05) is 18.2 Å².